The molecular weight excluding hydrogens is 292 g/mol. The van der Waals surface area contributed by atoms with Crippen LogP contribution < -0.4 is 5.73 Å². The van der Waals surface area contributed by atoms with Gasteiger partial charge >= 0.3 is 5.97 Å². The number of carboxylic acid groups (broad SMARTS) is 1. The molecule has 0 aliphatic heterocycles. The quantitative estimate of drug-likeness (QED) is 0.624. The maximum atomic E-state index is 12.0. The Hall–Kier alpha value is -2.01. The first-order valence-corrected chi connectivity index (χ1v) is 6.49. The van der Waals surface area contributed by atoms with Gasteiger partial charge in [0.2, 0.25) is 5.91 Å². The molecule has 3 N–H and O–H groups in total. The van der Waals surface area contributed by atoms with Crippen molar-refractivity contribution in [3.63, 3.8) is 0 Å². The van der Waals surface area contributed by atoms with Gasteiger partial charge in [0.15, 0.2) is 0 Å². The third-order valence-electron chi connectivity index (χ3n) is 2.99. The van der Waals surface area contributed by atoms with Gasteiger partial charge in [0, 0.05) is 18.8 Å². The molecule has 0 aliphatic carbocycles. The second-order valence-electron chi connectivity index (χ2n) is 4.60. The van der Waals surface area contributed by atoms with Crippen molar-refractivity contribution in [3.8, 4) is 0 Å². The number of anilines is 1. The zero-order valence-electron chi connectivity index (χ0n) is 12.2. The van der Waals surface area contributed by atoms with Gasteiger partial charge in [-0.1, -0.05) is 25.5 Å². The van der Waals surface area contributed by atoms with Gasteiger partial charge in [-0.2, -0.15) is 0 Å². The van der Waals surface area contributed by atoms with Crippen molar-refractivity contribution >= 4 is 36.0 Å². The van der Waals surface area contributed by atoms with Crippen LogP contribution in [0, 0.1) is 0 Å². The van der Waals surface area contributed by atoms with Crippen molar-refractivity contribution in [2.24, 2.45) is 0 Å². The maximum Gasteiger partial charge on any atom is 0.326 e. The predicted molar refractivity (Wildman–Crippen MR) is 86.2 cm³/mol. The first-order chi connectivity index (χ1) is 9.45. The van der Waals surface area contributed by atoms with Crippen LogP contribution in [0.2, 0.25) is 0 Å². The number of amides is 1. The van der Waals surface area contributed by atoms with Crippen LogP contribution in [0.25, 0.3) is 6.08 Å². The first-order valence-electron chi connectivity index (χ1n) is 6.49. The van der Waals surface area contributed by atoms with Crippen molar-refractivity contribution < 1.29 is 14.7 Å². The Bertz CT molecular complexity index is 517. The Labute approximate surface area is 130 Å². The number of benzene rings is 1. The minimum absolute atomic E-state index is 0. The molecule has 0 fully saturated rings. The highest BCUT2D eigenvalue weighted by Gasteiger charge is 2.24. The fourth-order valence-electron chi connectivity index (χ4n) is 1.86. The molecule has 0 spiro atoms. The lowest BCUT2D eigenvalue weighted by atomic mass is 10.1. The number of rotatable bonds is 6. The third-order valence-corrected chi connectivity index (χ3v) is 2.99. The molecule has 1 aromatic carbocycles. The number of nitrogens with two attached hydrogens (primary N) is 1. The molecule has 0 bridgehead atoms. The van der Waals surface area contributed by atoms with Gasteiger partial charge in [-0.3, -0.25) is 4.79 Å². The summed E-state index contributed by atoms with van der Waals surface area (Å²) < 4.78 is 0. The number of likely N-dealkylation sites (N-methyl/N-ethyl adjacent to an activating group) is 1. The van der Waals surface area contributed by atoms with Gasteiger partial charge in [-0.15, -0.1) is 12.4 Å². The van der Waals surface area contributed by atoms with Gasteiger partial charge < -0.3 is 15.7 Å². The van der Waals surface area contributed by atoms with E-state index in [2.05, 4.69) is 0 Å². The van der Waals surface area contributed by atoms with E-state index in [9.17, 15) is 9.59 Å². The third kappa shape index (κ3) is 5.87. The van der Waals surface area contributed by atoms with Crippen molar-refractivity contribution in [2.75, 3.05) is 12.8 Å². The summed E-state index contributed by atoms with van der Waals surface area (Å²) in [5.41, 5.74) is 7.06. The summed E-state index contributed by atoms with van der Waals surface area (Å²) in [5, 5.41) is 9.11. The summed E-state index contributed by atoms with van der Waals surface area (Å²) in [6.45, 7) is 1.89. The molecule has 1 unspecified atom stereocenters. The summed E-state index contributed by atoms with van der Waals surface area (Å²) in [6.07, 6.45) is 4.12. The number of carboxylic acids is 1. The van der Waals surface area contributed by atoms with Crippen LogP contribution in [0.15, 0.2) is 30.3 Å². The highest BCUT2D eigenvalue weighted by atomic mass is 35.5. The van der Waals surface area contributed by atoms with Gasteiger partial charge in [-0.25, -0.2) is 4.79 Å². The Morgan fingerprint density at radius 2 is 2.10 bits per heavy atom. The summed E-state index contributed by atoms with van der Waals surface area (Å²) in [4.78, 5) is 24.3. The number of nitrogen functional groups attached to an aromatic ring is 1. The monoisotopic (exact) mass is 312 g/mol. The van der Waals surface area contributed by atoms with Crippen LogP contribution in [-0.2, 0) is 9.59 Å². The fourth-order valence-corrected chi connectivity index (χ4v) is 1.86. The molecule has 21 heavy (non-hydrogen) atoms. The average molecular weight is 313 g/mol. The zero-order chi connectivity index (χ0) is 15.1. The molecule has 0 saturated heterocycles. The number of aliphatic carboxylic acids is 1. The fraction of sp³-hybridized carbons (Fsp3) is 0.333. The van der Waals surface area contributed by atoms with E-state index in [1.807, 2.05) is 13.0 Å². The number of hydrogen-bond donors (Lipinski definition) is 2. The lowest BCUT2D eigenvalue weighted by Crippen LogP contribution is -2.41. The molecule has 0 saturated carbocycles. The topological polar surface area (TPSA) is 83.6 Å². The van der Waals surface area contributed by atoms with Crippen LogP contribution in [0.3, 0.4) is 0 Å². The number of hydrogen-bond acceptors (Lipinski definition) is 3. The molecule has 0 aromatic heterocycles. The second-order valence-corrected chi connectivity index (χ2v) is 4.60. The average Bonchev–Trinajstić information content (AvgIpc) is 2.41. The highest BCUT2D eigenvalue weighted by Crippen LogP contribution is 2.10. The predicted octanol–water partition coefficient (Wildman–Crippen LogP) is 2.42. The lowest BCUT2D eigenvalue weighted by molar-refractivity contribution is -0.147. The largest absolute Gasteiger partial charge is 0.480 e. The smallest absolute Gasteiger partial charge is 0.326 e. The molecule has 1 rings (SSSR count). The van der Waals surface area contributed by atoms with E-state index in [-0.39, 0.29) is 18.3 Å². The zero-order valence-corrected chi connectivity index (χ0v) is 13.0. The van der Waals surface area contributed by atoms with E-state index in [0.29, 0.717) is 18.5 Å². The normalized spacial score (nSPS) is 11.7. The van der Waals surface area contributed by atoms with E-state index in [4.69, 9.17) is 10.8 Å². The maximum absolute atomic E-state index is 12.0. The van der Waals surface area contributed by atoms with Crippen molar-refractivity contribution in [2.45, 2.75) is 25.8 Å². The van der Waals surface area contributed by atoms with E-state index in [1.165, 1.54) is 18.0 Å². The van der Waals surface area contributed by atoms with Crippen LogP contribution >= 0.6 is 12.4 Å². The van der Waals surface area contributed by atoms with Gasteiger partial charge in [0.25, 0.3) is 0 Å². The van der Waals surface area contributed by atoms with Gasteiger partial charge in [-0.05, 0) is 30.2 Å². The van der Waals surface area contributed by atoms with Gasteiger partial charge in [0.1, 0.15) is 6.04 Å². The SMILES string of the molecule is CCCC(C(=O)O)N(C)C(=O)C=Cc1cccc(N)c1.Cl. The van der Waals surface area contributed by atoms with Crippen molar-refractivity contribution in [1.29, 1.82) is 0 Å². The number of carbonyl (C=O) groups is 2. The Balaban J connectivity index is 0.00000400. The van der Waals surface area contributed by atoms with Gasteiger partial charge in [0.05, 0.1) is 0 Å². The van der Waals surface area contributed by atoms with Crippen LogP contribution in [0.4, 0.5) is 5.69 Å². The van der Waals surface area contributed by atoms with E-state index < -0.39 is 12.0 Å². The summed E-state index contributed by atoms with van der Waals surface area (Å²) >= 11 is 0. The van der Waals surface area contributed by atoms with Crippen molar-refractivity contribution in [1.82, 2.24) is 4.90 Å². The lowest BCUT2D eigenvalue weighted by Gasteiger charge is -2.23. The first kappa shape index (κ1) is 19.0. The van der Waals surface area contributed by atoms with Crippen LogP contribution in [-0.4, -0.2) is 35.0 Å². The molecule has 1 aromatic rings. The molecule has 6 heteroatoms. The number of halogens is 1. The summed E-state index contributed by atoms with van der Waals surface area (Å²) in [5.74, 6) is -1.33. The molecule has 1 amide bonds. The summed E-state index contributed by atoms with van der Waals surface area (Å²) in [7, 11) is 1.50. The van der Waals surface area contributed by atoms with E-state index in [0.717, 1.165) is 5.56 Å². The van der Waals surface area contributed by atoms with E-state index in [1.54, 1.807) is 24.3 Å². The van der Waals surface area contributed by atoms with Crippen LogP contribution in [0.1, 0.15) is 25.3 Å². The molecule has 0 aliphatic rings. The Morgan fingerprint density at radius 3 is 2.62 bits per heavy atom. The van der Waals surface area contributed by atoms with Crippen molar-refractivity contribution in [3.05, 3.63) is 35.9 Å². The second kappa shape index (κ2) is 9.02. The molecular formula is C15H21ClN2O3. The molecule has 5 nitrogen and oxygen atoms in total. The molecule has 1 atom stereocenters. The molecule has 0 radical (unpaired) electrons. The molecule has 0 heterocycles. The standard InChI is InChI=1S/C15H20N2O3.ClH/c1-3-5-13(15(19)20)17(2)14(18)9-8-11-6-4-7-12(16)10-11;/h4,6-10,13H,3,5,16H2,1-2H3,(H,19,20);1H. The highest BCUT2D eigenvalue weighted by molar-refractivity contribution is 5.94. The molecule has 116 valence electrons. The minimum atomic E-state index is -0.986. The van der Waals surface area contributed by atoms with Crippen LogP contribution in [0.5, 0.6) is 0 Å². The van der Waals surface area contributed by atoms with E-state index >= 15 is 0 Å². The Morgan fingerprint density at radius 1 is 1.43 bits per heavy atom. The Kier molecular flexibility index (Phi) is 8.16. The number of nitrogens with zero attached hydrogens (tertiary/aromatic N) is 1. The summed E-state index contributed by atoms with van der Waals surface area (Å²) in [6, 6.07) is 6.32. The minimum Gasteiger partial charge on any atom is -0.480 e. The number of carbonyl (C=O) groups excluding carboxylic acids is 1.